The minimum Gasteiger partial charge on any atom is -0.392 e. The molecule has 1 saturated carbocycles. The summed E-state index contributed by atoms with van der Waals surface area (Å²) in [5.74, 6) is 0.886. The van der Waals surface area contributed by atoms with Gasteiger partial charge in [-0.05, 0) is 36.8 Å². The van der Waals surface area contributed by atoms with Crippen LogP contribution >= 0.6 is 0 Å². The van der Waals surface area contributed by atoms with Crippen molar-refractivity contribution < 1.29 is 5.11 Å². The molecule has 0 heterocycles. The second-order valence-corrected chi connectivity index (χ2v) is 4.84. The Kier molecular flexibility index (Phi) is 3.97. The van der Waals surface area contributed by atoms with Gasteiger partial charge >= 0.3 is 0 Å². The summed E-state index contributed by atoms with van der Waals surface area (Å²) in [6.45, 7) is 3.35. The number of hydrogen-bond acceptors (Lipinski definition) is 2. The predicted molar refractivity (Wildman–Crippen MR) is 66.0 cm³/mol. The van der Waals surface area contributed by atoms with E-state index in [0.717, 1.165) is 18.0 Å². The smallest absolute Gasteiger partial charge is 0.0681 e. The molecular weight excluding hydrogens is 198 g/mol. The molecule has 0 radical (unpaired) electrons. The first-order chi connectivity index (χ1) is 7.79. The molecule has 2 rings (SSSR count). The van der Waals surface area contributed by atoms with Crippen LogP contribution in [0, 0.1) is 5.92 Å². The van der Waals surface area contributed by atoms with Gasteiger partial charge in [-0.1, -0.05) is 30.7 Å². The molecule has 1 atom stereocenters. The maximum absolute atomic E-state index is 8.94. The van der Waals surface area contributed by atoms with Gasteiger partial charge in [0.15, 0.2) is 0 Å². The molecule has 0 spiro atoms. The van der Waals surface area contributed by atoms with Gasteiger partial charge in [0.1, 0.15) is 0 Å². The molecule has 0 aromatic heterocycles. The van der Waals surface area contributed by atoms with Crippen LogP contribution in [-0.2, 0) is 13.2 Å². The maximum Gasteiger partial charge on any atom is 0.0681 e. The average molecular weight is 219 g/mol. The molecule has 2 nitrogen and oxygen atoms in total. The van der Waals surface area contributed by atoms with Crippen molar-refractivity contribution in [3.05, 3.63) is 35.4 Å². The number of aliphatic hydroxyl groups excluding tert-OH is 1. The van der Waals surface area contributed by atoms with E-state index in [1.165, 1.54) is 24.8 Å². The van der Waals surface area contributed by atoms with Gasteiger partial charge in [-0.25, -0.2) is 0 Å². The quantitative estimate of drug-likeness (QED) is 0.797. The van der Waals surface area contributed by atoms with Crippen LogP contribution in [0.1, 0.15) is 37.3 Å². The molecule has 1 unspecified atom stereocenters. The summed E-state index contributed by atoms with van der Waals surface area (Å²) in [4.78, 5) is 0. The maximum atomic E-state index is 8.94. The molecule has 2 heteroatoms. The largest absolute Gasteiger partial charge is 0.392 e. The van der Waals surface area contributed by atoms with Crippen LogP contribution in [0.2, 0.25) is 0 Å². The van der Waals surface area contributed by atoms with Crippen molar-refractivity contribution in [2.45, 2.75) is 45.4 Å². The highest BCUT2D eigenvalue weighted by molar-refractivity contribution is 5.21. The Labute approximate surface area is 97.7 Å². The van der Waals surface area contributed by atoms with Gasteiger partial charge < -0.3 is 10.4 Å². The summed E-state index contributed by atoms with van der Waals surface area (Å²) < 4.78 is 0. The van der Waals surface area contributed by atoms with Crippen LogP contribution < -0.4 is 5.32 Å². The molecule has 1 aromatic rings. The first-order valence-corrected chi connectivity index (χ1v) is 6.21. The molecule has 1 aliphatic rings. The zero-order valence-corrected chi connectivity index (χ0v) is 9.95. The first-order valence-electron chi connectivity index (χ1n) is 6.21. The fourth-order valence-electron chi connectivity index (χ4n) is 2.15. The second-order valence-electron chi connectivity index (χ2n) is 4.84. The van der Waals surface area contributed by atoms with Crippen molar-refractivity contribution in [1.82, 2.24) is 5.32 Å². The Morgan fingerprint density at radius 1 is 1.25 bits per heavy atom. The highest BCUT2D eigenvalue weighted by atomic mass is 16.3. The van der Waals surface area contributed by atoms with E-state index in [0.29, 0.717) is 6.04 Å². The molecule has 1 aromatic carbocycles. The van der Waals surface area contributed by atoms with Crippen LogP contribution in [0.3, 0.4) is 0 Å². The lowest BCUT2D eigenvalue weighted by Gasteiger charge is -2.32. The minimum absolute atomic E-state index is 0.131. The van der Waals surface area contributed by atoms with Crippen molar-refractivity contribution in [1.29, 1.82) is 0 Å². The van der Waals surface area contributed by atoms with Gasteiger partial charge in [-0.3, -0.25) is 0 Å². The predicted octanol–water partition coefficient (Wildman–Crippen LogP) is 2.46. The average Bonchev–Trinajstić information content (AvgIpc) is 2.25. The Balaban J connectivity index is 1.79. The third-order valence-corrected chi connectivity index (χ3v) is 3.69. The third-order valence-electron chi connectivity index (χ3n) is 3.69. The van der Waals surface area contributed by atoms with E-state index in [2.05, 4.69) is 24.4 Å². The van der Waals surface area contributed by atoms with Crippen LogP contribution in [-0.4, -0.2) is 11.1 Å². The van der Waals surface area contributed by atoms with Crippen LogP contribution in [0.15, 0.2) is 24.3 Å². The number of benzene rings is 1. The van der Waals surface area contributed by atoms with E-state index in [-0.39, 0.29) is 6.61 Å². The Bertz CT molecular complexity index is 316. The lowest BCUT2D eigenvalue weighted by atomic mass is 9.80. The van der Waals surface area contributed by atoms with Crippen molar-refractivity contribution >= 4 is 0 Å². The first kappa shape index (κ1) is 11.6. The van der Waals surface area contributed by atoms with Gasteiger partial charge in [-0.2, -0.15) is 0 Å². The fraction of sp³-hybridized carbons (Fsp3) is 0.571. The number of rotatable bonds is 5. The summed E-state index contributed by atoms with van der Waals surface area (Å²) in [6.07, 6.45) is 4.18. The summed E-state index contributed by atoms with van der Waals surface area (Å²) in [6, 6.07) is 8.79. The molecule has 1 fully saturated rings. The summed E-state index contributed by atoms with van der Waals surface area (Å²) in [5.41, 5.74) is 2.28. The van der Waals surface area contributed by atoms with Gasteiger partial charge in [0, 0.05) is 12.6 Å². The molecule has 0 amide bonds. The molecule has 0 aliphatic heterocycles. The monoisotopic (exact) mass is 219 g/mol. The van der Waals surface area contributed by atoms with Crippen LogP contribution in [0.25, 0.3) is 0 Å². The Morgan fingerprint density at radius 3 is 2.38 bits per heavy atom. The van der Waals surface area contributed by atoms with Crippen molar-refractivity contribution in [3.63, 3.8) is 0 Å². The molecule has 1 aliphatic carbocycles. The lowest BCUT2D eigenvalue weighted by Crippen LogP contribution is -2.36. The zero-order valence-electron chi connectivity index (χ0n) is 9.95. The van der Waals surface area contributed by atoms with E-state index in [1.54, 1.807) is 0 Å². The van der Waals surface area contributed by atoms with Gasteiger partial charge in [0.2, 0.25) is 0 Å². The zero-order chi connectivity index (χ0) is 11.4. The molecule has 0 saturated heterocycles. The highest BCUT2D eigenvalue weighted by Gasteiger charge is 2.23. The van der Waals surface area contributed by atoms with E-state index in [9.17, 15) is 0 Å². The normalized spacial score (nSPS) is 18.1. The van der Waals surface area contributed by atoms with Gasteiger partial charge in [-0.15, -0.1) is 0 Å². The number of aliphatic hydroxyl groups is 1. The van der Waals surface area contributed by atoms with Gasteiger partial charge in [0.05, 0.1) is 6.61 Å². The molecule has 0 bridgehead atoms. The van der Waals surface area contributed by atoms with Crippen molar-refractivity contribution in [2.24, 2.45) is 5.92 Å². The van der Waals surface area contributed by atoms with E-state index in [1.807, 2.05) is 12.1 Å². The van der Waals surface area contributed by atoms with Crippen molar-refractivity contribution in [3.8, 4) is 0 Å². The summed E-state index contributed by atoms with van der Waals surface area (Å²) in [5, 5.41) is 12.5. The van der Waals surface area contributed by atoms with Gasteiger partial charge in [0.25, 0.3) is 0 Å². The SMILES string of the molecule is CC(NCc1ccc(CO)cc1)C1CCC1. The third kappa shape index (κ3) is 2.83. The molecule has 2 N–H and O–H groups in total. The number of hydrogen-bond donors (Lipinski definition) is 2. The Hall–Kier alpha value is -0.860. The molecule has 16 heavy (non-hydrogen) atoms. The van der Waals surface area contributed by atoms with E-state index >= 15 is 0 Å². The summed E-state index contributed by atoms with van der Waals surface area (Å²) >= 11 is 0. The molecular formula is C14H21NO. The Morgan fingerprint density at radius 2 is 1.88 bits per heavy atom. The number of nitrogens with one attached hydrogen (secondary N) is 1. The lowest BCUT2D eigenvalue weighted by molar-refractivity contribution is 0.240. The highest BCUT2D eigenvalue weighted by Crippen LogP contribution is 2.29. The van der Waals surface area contributed by atoms with Crippen LogP contribution in [0.5, 0.6) is 0 Å². The van der Waals surface area contributed by atoms with E-state index < -0.39 is 0 Å². The minimum atomic E-state index is 0.131. The second kappa shape index (κ2) is 5.46. The topological polar surface area (TPSA) is 32.3 Å². The fourth-order valence-corrected chi connectivity index (χ4v) is 2.15. The van der Waals surface area contributed by atoms with Crippen molar-refractivity contribution in [2.75, 3.05) is 0 Å². The molecule has 88 valence electrons. The standard InChI is InChI=1S/C14H21NO/c1-11(14-3-2-4-14)15-9-12-5-7-13(10-16)8-6-12/h5-8,11,14-16H,2-4,9-10H2,1H3. The van der Waals surface area contributed by atoms with E-state index in [4.69, 9.17) is 5.11 Å². The van der Waals surface area contributed by atoms with Crippen LogP contribution in [0.4, 0.5) is 0 Å². The summed E-state index contributed by atoms with van der Waals surface area (Å²) in [7, 11) is 0.